The van der Waals surface area contributed by atoms with Gasteiger partial charge in [-0.3, -0.25) is 0 Å². The molecule has 0 aromatic rings. The zero-order valence-electron chi connectivity index (χ0n) is 10.7. The number of thioether (sulfide) groups is 1. The number of hydrogen-bond donors (Lipinski definition) is 1. The molecular formula is C14H27NS. The second-order valence-electron chi connectivity index (χ2n) is 5.68. The zero-order chi connectivity index (χ0) is 11.2. The summed E-state index contributed by atoms with van der Waals surface area (Å²) in [5.74, 6) is 4.70. The molecule has 2 aliphatic rings. The van der Waals surface area contributed by atoms with E-state index in [1.807, 2.05) is 0 Å². The number of nitrogens with one attached hydrogen (secondary N) is 1. The van der Waals surface area contributed by atoms with E-state index >= 15 is 0 Å². The van der Waals surface area contributed by atoms with Gasteiger partial charge < -0.3 is 5.32 Å². The first kappa shape index (κ1) is 12.8. The van der Waals surface area contributed by atoms with Crippen LogP contribution in [0, 0.1) is 11.8 Å². The van der Waals surface area contributed by atoms with E-state index in [2.05, 4.69) is 24.0 Å². The van der Waals surface area contributed by atoms with Crippen LogP contribution in [0.15, 0.2) is 0 Å². The van der Waals surface area contributed by atoms with Crippen LogP contribution in [0.2, 0.25) is 0 Å². The van der Waals surface area contributed by atoms with Gasteiger partial charge in [0, 0.05) is 6.04 Å². The fourth-order valence-electron chi connectivity index (χ4n) is 3.07. The van der Waals surface area contributed by atoms with Gasteiger partial charge in [0.25, 0.3) is 0 Å². The zero-order valence-corrected chi connectivity index (χ0v) is 11.5. The monoisotopic (exact) mass is 241 g/mol. The summed E-state index contributed by atoms with van der Waals surface area (Å²) < 4.78 is 0. The highest BCUT2D eigenvalue weighted by molar-refractivity contribution is 7.99. The van der Waals surface area contributed by atoms with Crippen molar-refractivity contribution in [2.75, 3.05) is 18.1 Å². The summed E-state index contributed by atoms with van der Waals surface area (Å²) in [6.07, 6.45) is 10.3. The lowest BCUT2D eigenvalue weighted by Gasteiger charge is -2.25. The SMILES string of the molecule is C[C@H](NCC1CCSC1)C1CCCCCC1. The van der Waals surface area contributed by atoms with Crippen LogP contribution < -0.4 is 5.32 Å². The minimum absolute atomic E-state index is 0.753. The summed E-state index contributed by atoms with van der Waals surface area (Å²) in [6.45, 7) is 3.68. The molecule has 16 heavy (non-hydrogen) atoms. The van der Waals surface area contributed by atoms with Gasteiger partial charge in [-0.1, -0.05) is 25.7 Å². The molecule has 1 unspecified atom stereocenters. The van der Waals surface area contributed by atoms with Crippen LogP contribution in [0.5, 0.6) is 0 Å². The third-order valence-electron chi connectivity index (χ3n) is 4.36. The van der Waals surface area contributed by atoms with Crippen LogP contribution in [0.3, 0.4) is 0 Å². The Morgan fingerprint density at radius 2 is 1.88 bits per heavy atom. The summed E-state index contributed by atoms with van der Waals surface area (Å²) in [7, 11) is 0. The van der Waals surface area contributed by atoms with Crippen molar-refractivity contribution < 1.29 is 0 Å². The highest BCUT2D eigenvalue weighted by atomic mass is 32.2. The van der Waals surface area contributed by atoms with E-state index in [4.69, 9.17) is 0 Å². The minimum Gasteiger partial charge on any atom is -0.314 e. The van der Waals surface area contributed by atoms with Crippen LogP contribution in [0.4, 0.5) is 0 Å². The Hall–Kier alpha value is 0.310. The van der Waals surface area contributed by atoms with Gasteiger partial charge >= 0.3 is 0 Å². The maximum atomic E-state index is 3.81. The first-order valence-corrected chi connectivity index (χ1v) is 8.33. The van der Waals surface area contributed by atoms with Crippen LogP contribution in [0.25, 0.3) is 0 Å². The Balaban J connectivity index is 1.66. The maximum absolute atomic E-state index is 3.81. The summed E-state index contributed by atoms with van der Waals surface area (Å²) in [4.78, 5) is 0. The fraction of sp³-hybridized carbons (Fsp3) is 1.00. The van der Waals surface area contributed by atoms with E-state index in [0.717, 1.165) is 17.9 Å². The first-order chi connectivity index (χ1) is 7.86. The second-order valence-corrected chi connectivity index (χ2v) is 6.83. The third kappa shape index (κ3) is 3.96. The fourth-order valence-corrected chi connectivity index (χ4v) is 4.36. The van der Waals surface area contributed by atoms with Crippen molar-refractivity contribution in [3.8, 4) is 0 Å². The summed E-state index contributed by atoms with van der Waals surface area (Å²) in [5.41, 5.74) is 0. The van der Waals surface area contributed by atoms with Crippen molar-refractivity contribution in [1.29, 1.82) is 0 Å². The Morgan fingerprint density at radius 3 is 2.50 bits per heavy atom. The molecule has 2 rings (SSSR count). The van der Waals surface area contributed by atoms with Crippen molar-refractivity contribution in [2.24, 2.45) is 11.8 Å². The summed E-state index contributed by atoms with van der Waals surface area (Å²) in [6, 6.07) is 0.753. The molecule has 2 fully saturated rings. The van der Waals surface area contributed by atoms with Crippen molar-refractivity contribution in [3.63, 3.8) is 0 Å². The summed E-state index contributed by atoms with van der Waals surface area (Å²) in [5, 5.41) is 3.81. The van der Waals surface area contributed by atoms with Gasteiger partial charge in [-0.15, -0.1) is 0 Å². The van der Waals surface area contributed by atoms with E-state index < -0.39 is 0 Å². The van der Waals surface area contributed by atoms with Crippen molar-refractivity contribution in [3.05, 3.63) is 0 Å². The average Bonchev–Trinajstić information content (AvgIpc) is 2.66. The molecule has 1 N–H and O–H groups in total. The predicted molar refractivity (Wildman–Crippen MR) is 74.1 cm³/mol. The van der Waals surface area contributed by atoms with Gasteiger partial charge in [-0.25, -0.2) is 0 Å². The second kappa shape index (κ2) is 6.90. The molecule has 0 aromatic heterocycles. The van der Waals surface area contributed by atoms with E-state index in [1.165, 1.54) is 63.0 Å². The van der Waals surface area contributed by atoms with Gasteiger partial charge in [0.05, 0.1) is 0 Å². The largest absolute Gasteiger partial charge is 0.314 e. The predicted octanol–water partition coefficient (Wildman–Crippen LogP) is 3.69. The van der Waals surface area contributed by atoms with Crippen LogP contribution in [-0.4, -0.2) is 24.1 Å². The van der Waals surface area contributed by atoms with Crippen molar-refractivity contribution in [1.82, 2.24) is 5.32 Å². The molecule has 0 spiro atoms. The molecule has 1 saturated heterocycles. The Kier molecular flexibility index (Phi) is 5.51. The molecule has 1 aliphatic carbocycles. The van der Waals surface area contributed by atoms with Crippen molar-refractivity contribution in [2.45, 2.75) is 57.9 Å². The normalized spacial score (nSPS) is 30.2. The Morgan fingerprint density at radius 1 is 1.12 bits per heavy atom. The maximum Gasteiger partial charge on any atom is 0.00671 e. The van der Waals surface area contributed by atoms with Gasteiger partial charge in [0.15, 0.2) is 0 Å². The molecular weight excluding hydrogens is 214 g/mol. The van der Waals surface area contributed by atoms with Gasteiger partial charge in [0.2, 0.25) is 0 Å². The van der Waals surface area contributed by atoms with E-state index in [9.17, 15) is 0 Å². The quantitative estimate of drug-likeness (QED) is 0.753. The molecule has 0 radical (unpaired) electrons. The highest BCUT2D eigenvalue weighted by Crippen LogP contribution is 2.26. The number of rotatable bonds is 4. The van der Waals surface area contributed by atoms with E-state index in [0.29, 0.717) is 0 Å². The molecule has 1 heterocycles. The van der Waals surface area contributed by atoms with Crippen LogP contribution in [-0.2, 0) is 0 Å². The molecule has 1 saturated carbocycles. The Bertz CT molecular complexity index is 181. The van der Waals surface area contributed by atoms with Crippen molar-refractivity contribution >= 4 is 11.8 Å². The number of hydrogen-bond acceptors (Lipinski definition) is 2. The highest BCUT2D eigenvalue weighted by Gasteiger charge is 2.21. The topological polar surface area (TPSA) is 12.0 Å². The lowest BCUT2D eigenvalue weighted by atomic mass is 9.92. The average molecular weight is 241 g/mol. The molecule has 0 bridgehead atoms. The van der Waals surface area contributed by atoms with Gasteiger partial charge in [0.1, 0.15) is 0 Å². The molecule has 2 heteroatoms. The molecule has 0 aromatic carbocycles. The van der Waals surface area contributed by atoms with Gasteiger partial charge in [-0.2, -0.15) is 11.8 Å². The summed E-state index contributed by atoms with van der Waals surface area (Å²) >= 11 is 2.13. The smallest absolute Gasteiger partial charge is 0.00671 e. The van der Waals surface area contributed by atoms with Crippen LogP contribution in [0.1, 0.15) is 51.9 Å². The van der Waals surface area contributed by atoms with E-state index in [-0.39, 0.29) is 0 Å². The lowest BCUT2D eigenvalue weighted by molar-refractivity contribution is 0.324. The molecule has 1 aliphatic heterocycles. The molecule has 94 valence electrons. The standard InChI is InChI=1S/C14H27NS/c1-12(14-6-4-2-3-5-7-14)15-10-13-8-9-16-11-13/h12-15H,2-11H2,1H3/t12-,13?/m0/s1. The van der Waals surface area contributed by atoms with Crippen LogP contribution >= 0.6 is 11.8 Å². The first-order valence-electron chi connectivity index (χ1n) is 7.17. The molecule has 2 atom stereocenters. The third-order valence-corrected chi connectivity index (χ3v) is 5.59. The minimum atomic E-state index is 0.753. The van der Waals surface area contributed by atoms with Gasteiger partial charge in [-0.05, 0) is 56.1 Å². The lowest BCUT2D eigenvalue weighted by Crippen LogP contribution is -2.36. The molecule has 1 nitrogen and oxygen atoms in total. The van der Waals surface area contributed by atoms with E-state index in [1.54, 1.807) is 0 Å². The molecule has 0 amide bonds. The Labute approximate surface area is 105 Å².